The van der Waals surface area contributed by atoms with Gasteiger partial charge in [0, 0.05) is 30.3 Å². The number of terminal acetylenes is 1. The molecular weight excluding hydrogens is 268 g/mol. The zero-order valence-electron chi connectivity index (χ0n) is 11.6. The minimum atomic E-state index is -0.294. The Bertz CT molecular complexity index is 563. The number of hydrogen-bond acceptors (Lipinski definition) is 3. The van der Waals surface area contributed by atoms with E-state index >= 15 is 0 Å². The lowest BCUT2D eigenvalue weighted by molar-refractivity contribution is 0.238. The van der Waals surface area contributed by atoms with Crippen LogP contribution in [-0.4, -0.2) is 30.4 Å². The minimum Gasteiger partial charge on any atom is -0.481 e. The smallest absolute Gasteiger partial charge is 0.319 e. The Morgan fingerprint density at radius 3 is 3.05 bits per heavy atom. The maximum atomic E-state index is 11.9. The summed E-state index contributed by atoms with van der Waals surface area (Å²) in [7, 11) is 0. The van der Waals surface area contributed by atoms with Gasteiger partial charge in [-0.05, 0) is 18.6 Å². The zero-order chi connectivity index (χ0) is 15.1. The number of carbonyl (C=O) groups is 1. The Morgan fingerprint density at radius 1 is 1.48 bits per heavy atom. The van der Waals surface area contributed by atoms with E-state index in [4.69, 9.17) is 16.3 Å². The van der Waals surface area contributed by atoms with E-state index in [2.05, 4.69) is 16.6 Å². The van der Waals surface area contributed by atoms with Crippen molar-refractivity contribution in [3.8, 4) is 18.1 Å². The molecule has 21 heavy (non-hydrogen) atoms. The molecule has 1 aromatic carbocycles. The van der Waals surface area contributed by atoms with E-state index in [1.54, 1.807) is 24.3 Å². The molecule has 0 bridgehead atoms. The van der Waals surface area contributed by atoms with Crippen molar-refractivity contribution in [1.29, 1.82) is 0 Å². The summed E-state index contributed by atoms with van der Waals surface area (Å²) in [6.45, 7) is 0.288. The predicted octanol–water partition coefficient (Wildman–Crippen LogP) is 1.76. The van der Waals surface area contributed by atoms with Gasteiger partial charge >= 0.3 is 6.03 Å². The van der Waals surface area contributed by atoms with Crippen LogP contribution in [0.1, 0.15) is 6.42 Å². The molecule has 1 aliphatic rings. The zero-order valence-corrected chi connectivity index (χ0v) is 11.6. The van der Waals surface area contributed by atoms with E-state index in [0.717, 1.165) is 6.42 Å². The van der Waals surface area contributed by atoms with Crippen LogP contribution in [0.3, 0.4) is 0 Å². The third kappa shape index (κ3) is 4.55. The van der Waals surface area contributed by atoms with Crippen molar-refractivity contribution in [3.05, 3.63) is 36.4 Å². The molecule has 2 atom stereocenters. The van der Waals surface area contributed by atoms with Gasteiger partial charge < -0.3 is 20.5 Å². The predicted molar refractivity (Wildman–Crippen MR) is 81.0 cm³/mol. The van der Waals surface area contributed by atoms with Crippen molar-refractivity contribution in [2.45, 2.75) is 12.5 Å². The molecule has 2 amide bonds. The number of aliphatic hydroxyl groups is 1. The van der Waals surface area contributed by atoms with Crippen molar-refractivity contribution in [2.24, 2.45) is 5.92 Å². The highest BCUT2D eigenvalue weighted by atomic mass is 16.5. The number of hydrogen-bond donors (Lipinski definition) is 3. The average molecular weight is 286 g/mol. The summed E-state index contributed by atoms with van der Waals surface area (Å²) in [4.78, 5) is 11.9. The molecule has 0 radical (unpaired) electrons. The van der Waals surface area contributed by atoms with Gasteiger partial charge in [0.15, 0.2) is 0 Å². The van der Waals surface area contributed by atoms with Crippen LogP contribution in [0, 0.1) is 18.3 Å². The second-order valence-electron chi connectivity index (χ2n) is 4.79. The first-order chi connectivity index (χ1) is 10.2. The van der Waals surface area contributed by atoms with E-state index < -0.39 is 0 Å². The Labute approximate surface area is 124 Å². The molecule has 1 aliphatic carbocycles. The van der Waals surface area contributed by atoms with E-state index in [9.17, 15) is 4.79 Å². The number of nitrogens with one attached hydrogen (secondary N) is 2. The lowest BCUT2D eigenvalue weighted by atomic mass is 10.1. The van der Waals surface area contributed by atoms with Crippen LogP contribution < -0.4 is 15.4 Å². The Kier molecular flexibility index (Phi) is 5.24. The van der Waals surface area contributed by atoms with Gasteiger partial charge in [0.2, 0.25) is 0 Å². The van der Waals surface area contributed by atoms with E-state index in [-0.39, 0.29) is 31.2 Å². The van der Waals surface area contributed by atoms with Crippen LogP contribution in [0.5, 0.6) is 5.75 Å². The van der Waals surface area contributed by atoms with Crippen LogP contribution >= 0.6 is 0 Å². The second-order valence-corrected chi connectivity index (χ2v) is 4.79. The van der Waals surface area contributed by atoms with Gasteiger partial charge in [0.25, 0.3) is 0 Å². The molecule has 3 N–H and O–H groups in total. The summed E-state index contributed by atoms with van der Waals surface area (Å²) >= 11 is 0. The van der Waals surface area contributed by atoms with E-state index in [0.29, 0.717) is 11.4 Å². The highest BCUT2D eigenvalue weighted by Gasteiger charge is 2.19. The van der Waals surface area contributed by atoms with Gasteiger partial charge in [-0.1, -0.05) is 24.1 Å². The number of benzene rings is 1. The molecule has 1 aromatic rings. The molecular formula is C16H18N2O3. The summed E-state index contributed by atoms with van der Waals surface area (Å²) in [5.74, 6) is 3.11. The van der Waals surface area contributed by atoms with Gasteiger partial charge in [-0.25, -0.2) is 4.79 Å². The SMILES string of the molecule is C#CCOc1cccc(NC(=O)N[C@@H]2C=C[C@H](CO)C2)c1. The molecule has 0 saturated carbocycles. The van der Waals surface area contributed by atoms with Crippen LogP contribution in [0.2, 0.25) is 0 Å². The number of amides is 2. The summed E-state index contributed by atoms with van der Waals surface area (Å²) in [6.07, 6.45) is 9.66. The lowest BCUT2D eigenvalue weighted by Gasteiger charge is -2.14. The highest BCUT2D eigenvalue weighted by Crippen LogP contribution is 2.19. The number of rotatable bonds is 5. The lowest BCUT2D eigenvalue weighted by Crippen LogP contribution is -2.36. The Morgan fingerprint density at radius 2 is 2.33 bits per heavy atom. The maximum absolute atomic E-state index is 11.9. The third-order valence-corrected chi connectivity index (χ3v) is 3.14. The molecule has 2 rings (SSSR count). The van der Waals surface area contributed by atoms with Crippen LogP contribution in [0.15, 0.2) is 36.4 Å². The number of ether oxygens (including phenoxy) is 1. The quantitative estimate of drug-likeness (QED) is 0.570. The number of anilines is 1. The molecule has 0 fully saturated rings. The first kappa shape index (κ1) is 14.9. The first-order valence-corrected chi connectivity index (χ1v) is 6.74. The second kappa shape index (κ2) is 7.36. The highest BCUT2D eigenvalue weighted by molar-refractivity contribution is 5.89. The van der Waals surface area contributed by atoms with Crippen molar-refractivity contribution in [2.75, 3.05) is 18.5 Å². The molecule has 0 aliphatic heterocycles. The summed E-state index contributed by atoms with van der Waals surface area (Å²) < 4.78 is 5.29. The molecule has 5 heteroatoms. The number of aliphatic hydroxyl groups excluding tert-OH is 1. The van der Waals surface area contributed by atoms with Crippen molar-refractivity contribution in [1.82, 2.24) is 5.32 Å². The van der Waals surface area contributed by atoms with E-state index in [1.165, 1.54) is 0 Å². The Hall–Kier alpha value is -2.45. The fraction of sp³-hybridized carbons (Fsp3) is 0.312. The summed E-state index contributed by atoms with van der Waals surface area (Å²) in [6, 6.07) is 6.67. The number of urea groups is 1. The van der Waals surface area contributed by atoms with Gasteiger partial charge in [-0.2, -0.15) is 0 Å². The van der Waals surface area contributed by atoms with Crippen molar-refractivity contribution in [3.63, 3.8) is 0 Å². The fourth-order valence-electron chi connectivity index (χ4n) is 2.14. The minimum absolute atomic E-state index is 0.0528. The third-order valence-electron chi connectivity index (χ3n) is 3.14. The van der Waals surface area contributed by atoms with E-state index in [1.807, 2.05) is 12.2 Å². The maximum Gasteiger partial charge on any atom is 0.319 e. The van der Waals surface area contributed by atoms with Crippen molar-refractivity contribution < 1.29 is 14.6 Å². The first-order valence-electron chi connectivity index (χ1n) is 6.74. The molecule has 5 nitrogen and oxygen atoms in total. The van der Waals surface area contributed by atoms with Gasteiger partial charge in [0.05, 0.1) is 0 Å². The molecule has 0 unspecified atom stereocenters. The summed E-state index contributed by atoms with van der Waals surface area (Å²) in [5, 5.41) is 14.6. The van der Waals surface area contributed by atoms with Gasteiger partial charge in [-0.15, -0.1) is 6.42 Å². The van der Waals surface area contributed by atoms with Crippen LogP contribution in [0.25, 0.3) is 0 Å². The largest absolute Gasteiger partial charge is 0.481 e. The Balaban J connectivity index is 1.85. The average Bonchev–Trinajstić information content (AvgIpc) is 2.93. The molecule has 0 spiro atoms. The van der Waals surface area contributed by atoms with Crippen molar-refractivity contribution >= 4 is 11.7 Å². The molecule has 0 aromatic heterocycles. The van der Waals surface area contributed by atoms with Crippen LogP contribution in [-0.2, 0) is 0 Å². The number of carbonyl (C=O) groups excluding carboxylic acids is 1. The topological polar surface area (TPSA) is 70.6 Å². The fourth-order valence-corrected chi connectivity index (χ4v) is 2.14. The normalized spacial score (nSPS) is 19.8. The van der Waals surface area contributed by atoms with Gasteiger partial charge in [-0.3, -0.25) is 0 Å². The molecule has 0 heterocycles. The standard InChI is InChI=1S/C16H18N2O3/c1-2-8-21-15-5-3-4-13(10-15)17-16(20)18-14-7-6-12(9-14)11-19/h1,3-7,10,12,14,19H,8-9,11H2,(H2,17,18,20)/t12-,14+/m0/s1. The molecule has 0 saturated heterocycles. The summed E-state index contributed by atoms with van der Waals surface area (Å²) in [5.41, 5.74) is 0.628. The monoisotopic (exact) mass is 286 g/mol. The van der Waals surface area contributed by atoms with Crippen LogP contribution in [0.4, 0.5) is 10.5 Å². The van der Waals surface area contributed by atoms with Gasteiger partial charge in [0.1, 0.15) is 12.4 Å². The molecule has 110 valence electrons.